The number of nitrogens with zero attached hydrogens (tertiary/aromatic N) is 1. The molecule has 16 heavy (non-hydrogen) atoms. The summed E-state index contributed by atoms with van der Waals surface area (Å²) in [7, 11) is 0. The lowest BCUT2D eigenvalue weighted by atomic mass is 10.3. The SMILES string of the molecule is [C-]#[N+]c1ccc(Sc2ccccc2F)cc1. The van der Waals surface area contributed by atoms with Crippen LogP contribution in [-0.2, 0) is 0 Å². The van der Waals surface area contributed by atoms with Crippen molar-refractivity contribution in [3.8, 4) is 0 Å². The van der Waals surface area contributed by atoms with Gasteiger partial charge in [0.05, 0.1) is 6.57 Å². The van der Waals surface area contributed by atoms with Crippen molar-refractivity contribution in [1.29, 1.82) is 0 Å². The van der Waals surface area contributed by atoms with Crippen molar-refractivity contribution in [2.24, 2.45) is 0 Å². The summed E-state index contributed by atoms with van der Waals surface area (Å²) in [4.78, 5) is 4.83. The average molecular weight is 229 g/mol. The second kappa shape index (κ2) is 4.82. The molecule has 2 aromatic rings. The molecular weight excluding hydrogens is 221 g/mol. The Morgan fingerprint density at radius 3 is 2.31 bits per heavy atom. The van der Waals surface area contributed by atoms with E-state index >= 15 is 0 Å². The Balaban J connectivity index is 2.22. The van der Waals surface area contributed by atoms with E-state index in [4.69, 9.17) is 6.57 Å². The van der Waals surface area contributed by atoms with Gasteiger partial charge < -0.3 is 0 Å². The number of benzene rings is 2. The third-order valence-corrected chi connectivity index (χ3v) is 3.09. The molecule has 0 bridgehead atoms. The third kappa shape index (κ3) is 2.41. The lowest BCUT2D eigenvalue weighted by Crippen LogP contribution is -1.79. The summed E-state index contributed by atoms with van der Waals surface area (Å²) >= 11 is 1.36. The predicted octanol–water partition coefficient (Wildman–Crippen LogP) is 4.53. The van der Waals surface area contributed by atoms with Gasteiger partial charge in [0, 0.05) is 9.79 Å². The van der Waals surface area contributed by atoms with Crippen molar-refractivity contribution in [1.82, 2.24) is 0 Å². The first-order chi connectivity index (χ1) is 7.79. The van der Waals surface area contributed by atoms with E-state index in [1.165, 1.54) is 17.8 Å². The van der Waals surface area contributed by atoms with Crippen molar-refractivity contribution >= 4 is 17.4 Å². The summed E-state index contributed by atoms with van der Waals surface area (Å²) in [6.07, 6.45) is 0. The number of hydrogen-bond acceptors (Lipinski definition) is 1. The summed E-state index contributed by atoms with van der Waals surface area (Å²) in [5.41, 5.74) is 0.595. The Labute approximate surface area is 97.7 Å². The van der Waals surface area contributed by atoms with Crippen LogP contribution in [0.1, 0.15) is 0 Å². The minimum absolute atomic E-state index is 0.221. The van der Waals surface area contributed by atoms with Gasteiger partial charge in [-0.15, -0.1) is 0 Å². The zero-order chi connectivity index (χ0) is 11.4. The zero-order valence-corrected chi connectivity index (χ0v) is 9.17. The first-order valence-corrected chi connectivity index (χ1v) is 5.51. The highest BCUT2D eigenvalue weighted by atomic mass is 32.2. The summed E-state index contributed by atoms with van der Waals surface area (Å²) < 4.78 is 13.4. The minimum atomic E-state index is -0.221. The predicted molar refractivity (Wildman–Crippen MR) is 63.2 cm³/mol. The van der Waals surface area contributed by atoms with Gasteiger partial charge in [-0.2, -0.15) is 0 Å². The van der Waals surface area contributed by atoms with E-state index in [9.17, 15) is 4.39 Å². The zero-order valence-electron chi connectivity index (χ0n) is 8.35. The lowest BCUT2D eigenvalue weighted by Gasteiger charge is -2.02. The van der Waals surface area contributed by atoms with Gasteiger partial charge in [-0.1, -0.05) is 48.2 Å². The Hall–Kier alpha value is -1.79. The molecule has 0 unspecified atom stereocenters. The average Bonchev–Trinajstić information content (AvgIpc) is 2.33. The highest BCUT2D eigenvalue weighted by molar-refractivity contribution is 7.99. The van der Waals surface area contributed by atoms with Crippen molar-refractivity contribution in [2.45, 2.75) is 9.79 Å². The Bertz CT molecular complexity index is 528. The molecule has 0 saturated carbocycles. The summed E-state index contributed by atoms with van der Waals surface area (Å²) in [5.74, 6) is -0.221. The Morgan fingerprint density at radius 2 is 1.69 bits per heavy atom. The van der Waals surface area contributed by atoms with Crippen LogP contribution >= 0.6 is 11.8 Å². The number of rotatable bonds is 2. The Kier molecular flexibility index (Phi) is 3.23. The molecule has 0 radical (unpaired) electrons. The van der Waals surface area contributed by atoms with Gasteiger partial charge in [-0.3, -0.25) is 0 Å². The van der Waals surface area contributed by atoms with E-state index < -0.39 is 0 Å². The van der Waals surface area contributed by atoms with Crippen molar-refractivity contribution in [2.75, 3.05) is 0 Å². The minimum Gasteiger partial charge on any atom is -0.238 e. The highest BCUT2D eigenvalue weighted by Gasteiger charge is 2.02. The number of halogens is 1. The van der Waals surface area contributed by atoms with Crippen LogP contribution < -0.4 is 0 Å². The maximum atomic E-state index is 13.4. The van der Waals surface area contributed by atoms with Crippen LogP contribution in [0, 0.1) is 12.4 Å². The van der Waals surface area contributed by atoms with Gasteiger partial charge in [-0.25, -0.2) is 9.24 Å². The molecule has 0 aromatic heterocycles. The van der Waals surface area contributed by atoms with Crippen LogP contribution in [0.3, 0.4) is 0 Å². The topological polar surface area (TPSA) is 4.36 Å². The maximum absolute atomic E-state index is 13.4. The molecule has 0 amide bonds. The normalized spacial score (nSPS) is 9.75. The second-order valence-corrected chi connectivity index (χ2v) is 4.25. The van der Waals surface area contributed by atoms with Crippen molar-refractivity contribution < 1.29 is 4.39 Å². The molecule has 78 valence electrons. The standard InChI is InChI=1S/C13H8FNS/c1-15-10-6-8-11(9-7-10)16-13-5-3-2-4-12(13)14/h2-9H. The first kappa shape index (κ1) is 10.7. The molecule has 0 N–H and O–H groups in total. The van der Waals surface area contributed by atoms with Crippen LogP contribution in [0.2, 0.25) is 0 Å². The van der Waals surface area contributed by atoms with E-state index in [0.717, 1.165) is 4.90 Å². The second-order valence-electron chi connectivity index (χ2n) is 3.14. The molecule has 0 aliphatic rings. The van der Waals surface area contributed by atoms with Gasteiger partial charge in [0.1, 0.15) is 5.82 Å². The van der Waals surface area contributed by atoms with Crippen LogP contribution in [-0.4, -0.2) is 0 Å². The Morgan fingerprint density at radius 1 is 1.00 bits per heavy atom. The molecular formula is C13H8FNS. The molecule has 3 heteroatoms. The molecule has 0 saturated heterocycles. The summed E-state index contributed by atoms with van der Waals surface area (Å²) in [5, 5.41) is 0. The fourth-order valence-corrected chi connectivity index (χ4v) is 2.08. The third-order valence-electron chi connectivity index (χ3n) is 2.03. The van der Waals surface area contributed by atoms with Crippen LogP contribution in [0.15, 0.2) is 58.3 Å². The quantitative estimate of drug-likeness (QED) is 0.685. The van der Waals surface area contributed by atoms with E-state index in [0.29, 0.717) is 10.6 Å². The van der Waals surface area contributed by atoms with Crippen molar-refractivity contribution in [3.63, 3.8) is 0 Å². The smallest absolute Gasteiger partial charge is 0.187 e. The largest absolute Gasteiger partial charge is 0.238 e. The monoisotopic (exact) mass is 229 g/mol. The lowest BCUT2D eigenvalue weighted by molar-refractivity contribution is 0.602. The molecule has 0 heterocycles. The summed E-state index contributed by atoms with van der Waals surface area (Å²) in [6, 6.07) is 13.8. The molecule has 0 fully saturated rings. The molecule has 0 aliphatic heterocycles. The maximum Gasteiger partial charge on any atom is 0.187 e. The van der Waals surface area contributed by atoms with Gasteiger partial charge in [-0.05, 0) is 12.1 Å². The molecule has 0 spiro atoms. The van der Waals surface area contributed by atoms with Crippen LogP contribution in [0.4, 0.5) is 10.1 Å². The van der Waals surface area contributed by atoms with Crippen LogP contribution in [0.5, 0.6) is 0 Å². The fraction of sp³-hybridized carbons (Fsp3) is 0. The highest BCUT2D eigenvalue weighted by Crippen LogP contribution is 2.30. The van der Waals surface area contributed by atoms with Gasteiger partial charge >= 0.3 is 0 Å². The van der Waals surface area contributed by atoms with E-state index in [2.05, 4.69) is 4.85 Å². The fourth-order valence-electron chi connectivity index (χ4n) is 1.24. The number of hydrogen-bond donors (Lipinski definition) is 0. The summed E-state index contributed by atoms with van der Waals surface area (Å²) in [6.45, 7) is 6.83. The molecule has 0 atom stereocenters. The van der Waals surface area contributed by atoms with E-state index in [1.807, 2.05) is 12.1 Å². The first-order valence-electron chi connectivity index (χ1n) is 4.69. The van der Waals surface area contributed by atoms with E-state index in [-0.39, 0.29) is 5.82 Å². The molecule has 1 nitrogen and oxygen atoms in total. The molecule has 2 rings (SSSR count). The van der Waals surface area contributed by atoms with Gasteiger partial charge in [0.25, 0.3) is 0 Å². The van der Waals surface area contributed by atoms with Gasteiger partial charge in [0.2, 0.25) is 0 Å². The van der Waals surface area contributed by atoms with Crippen LogP contribution in [0.25, 0.3) is 4.85 Å². The van der Waals surface area contributed by atoms with Crippen molar-refractivity contribution in [3.05, 3.63) is 65.8 Å². The molecule has 0 aliphatic carbocycles. The van der Waals surface area contributed by atoms with Gasteiger partial charge in [0.15, 0.2) is 5.69 Å². The molecule has 2 aromatic carbocycles. The van der Waals surface area contributed by atoms with E-state index in [1.54, 1.807) is 30.3 Å².